The van der Waals surface area contributed by atoms with Gasteiger partial charge in [-0.3, -0.25) is 19.7 Å². The fourth-order valence-electron chi connectivity index (χ4n) is 3.05. The third kappa shape index (κ3) is 4.84. The standard InChI is InChI=1S/C20H15Cl2N3O6/c1-10-17(19(24-31-10)18-13(21)6-3-7-14(18)22)20(28)23-15(9-16(26)27)11-4-2-5-12(8-11)25(29)30/h2-8,15H,9H2,1H3,(H,23,28)(H,26,27)/t15-/m0/s1. The van der Waals surface area contributed by atoms with Gasteiger partial charge in [0.2, 0.25) is 0 Å². The molecule has 2 aromatic carbocycles. The van der Waals surface area contributed by atoms with Gasteiger partial charge in [0.15, 0.2) is 0 Å². The lowest BCUT2D eigenvalue weighted by molar-refractivity contribution is -0.384. The van der Waals surface area contributed by atoms with Crippen LogP contribution in [0.1, 0.15) is 34.1 Å². The first-order valence-electron chi connectivity index (χ1n) is 8.86. The van der Waals surface area contributed by atoms with Crippen molar-refractivity contribution in [1.29, 1.82) is 0 Å². The van der Waals surface area contributed by atoms with E-state index in [0.717, 1.165) is 0 Å². The van der Waals surface area contributed by atoms with Crippen LogP contribution < -0.4 is 5.32 Å². The van der Waals surface area contributed by atoms with Crippen molar-refractivity contribution < 1.29 is 24.1 Å². The average Bonchev–Trinajstić information content (AvgIpc) is 3.08. The van der Waals surface area contributed by atoms with Crippen molar-refractivity contribution in [2.75, 3.05) is 0 Å². The number of hydrogen-bond donors (Lipinski definition) is 2. The summed E-state index contributed by atoms with van der Waals surface area (Å²) in [7, 11) is 0. The number of nitrogens with one attached hydrogen (secondary N) is 1. The molecular weight excluding hydrogens is 449 g/mol. The number of aliphatic carboxylic acids is 1. The highest BCUT2D eigenvalue weighted by Crippen LogP contribution is 2.37. The number of nitrogens with zero attached hydrogens (tertiary/aromatic N) is 2. The molecule has 0 bridgehead atoms. The van der Waals surface area contributed by atoms with Gasteiger partial charge in [0, 0.05) is 17.7 Å². The zero-order valence-electron chi connectivity index (χ0n) is 16.0. The highest BCUT2D eigenvalue weighted by molar-refractivity contribution is 6.39. The van der Waals surface area contributed by atoms with Gasteiger partial charge in [0.05, 0.1) is 27.4 Å². The number of hydrogen-bond acceptors (Lipinski definition) is 6. The first-order chi connectivity index (χ1) is 14.7. The maximum atomic E-state index is 13.1. The van der Waals surface area contributed by atoms with Crippen molar-refractivity contribution in [3.8, 4) is 11.3 Å². The van der Waals surface area contributed by atoms with E-state index in [1.807, 2.05) is 0 Å². The third-order valence-corrected chi connectivity index (χ3v) is 5.09. The maximum Gasteiger partial charge on any atom is 0.305 e. The predicted molar refractivity (Wildman–Crippen MR) is 112 cm³/mol. The van der Waals surface area contributed by atoms with Crippen LogP contribution in [0.15, 0.2) is 47.0 Å². The number of carbonyl (C=O) groups is 2. The molecule has 0 radical (unpaired) electrons. The van der Waals surface area contributed by atoms with Gasteiger partial charge in [-0.15, -0.1) is 0 Å². The molecule has 31 heavy (non-hydrogen) atoms. The summed E-state index contributed by atoms with van der Waals surface area (Å²) in [6, 6.07) is 9.11. The SMILES string of the molecule is Cc1onc(-c2c(Cl)cccc2Cl)c1C(=O)N[C@@H](CC(=O)O)c1cccc([N+](=O)[O-])c1. The minimum Gasteiger partial charge on any atom is -0.481 e. The van der Waals surface area contributed by atoms with E-state index in [1.54, 1.807) is 18.2 Å². The van der Waals surface area contributed by atoms with E-state index in [-0.39, 0.29) is 43.9 Å². The summed E-state index contributed by atoms with van der Waals surface area (Å²) in [6.07, 6.45) is -0.501. The van der Waals surface area contributed by atoms with E-state index in [9.17, 15) is 24.8 Å². The number of nitro benzene ring substituents is 1. The fourth-order valence-corrected chi connectivity index (χ4v) is 3.62. The van der Waals surface area contributed by atoms with E-state index in [2.05, 4.69) is 10.5 Å². The van der Waals surface area contributed by atoms with E-state index in [0.29, 0.717) is 0 Å². The molecule has 0 unspecified atom stereocenters. The number of carboxylic acid groups (broad SMARTS) is 1. The normalized spacial score (nSPS) is 11.7. The smallest absolute Gasteiger partial charge is 0.305 e. The van der Waals surface area contributed by atoms with Gasteiger partial charge >= 0.3 is 5.97 Å². The van der Waals surface area contributed by atoms with Crippen molar-refractivity contribution in [2.45, 2.75) is 19.4 Å². The molecule has 160 valence electrons. The number of aromatic nitrogens is 1. The molecule has 3 rings (SSSR count). The van der Waals surface area contributed by atoms with E-state index in [4.69, 9.17) is 27.7 Å². The fraction of sp³-hybridized carbons (Fsp3) is 0.150. The summed E-state index contributed by atoms with van der Waals surface area (Å²) >= 11 is 12.5. The molecule has 1 amide bonds. The summed E-state index contributed by atoms with van der Waals surface area (Å²) in [5.74, 6) is -1.73. The van der Waals surface area contributed by atoms with Crippen LogP contribution in [0.5, 0.6) is 0 Å². The van der Waals surface area contributed by atoms with Crippen LogP contribution in [0.3, 0.4) is 0 Å². The molecule has 1 atom stereocenters. The molecule has 11 heteroatoms. The van der Waals surface area contributed by atoms with Crippen molar-refractivity contribution in [3.05, 3.63) is 79.5 Å². The zero-order chi connectivity index (χ0) is 22.7. The summed E-state index contributed by atoms with van der Waals surface area (Å²) in [5, 5.41) is 27.3. The monoisotopic (exact) mass is 463 g/mol. The van der Waals surface area contributed by atoms with Gasteiger partial charge in [-0.1, -0.05) is 46.6 Å². The Morgan fingerprint density at radius 3 is 2.48 bits per heavy atom. The molecule has 0 saturated heterocycles. The molecule has 0 saturated carbocycles. The molecule has 9 nitrogen and oxygen atoms in total. The van der Waals surface area contributed by atoms with Crippen LogP contribution in [0, 0.1) is 17.0 Å². The summed E-state index contributed by atoms with van der Waals surface area (Å²) in [4.78, 5) is 34.9. The Hall–Kier alpha value is -3.43. The second-order valence-electron chi connectivity index (χ2n) is 6.54. The maximum absolute atomic E-state index is 13.1. The van der Waals surface area contributed by atoms with E-state index < -0.39 is 29.3 Å². The van der Waals surface area contributed by atoms with Gasteiger partial charge in [0.1, 0.15) is 17.0 Å². The number of rotatable bonds is 7. The Morgan fingerprint density at radius 2 is 1.87 bits per heavy atom. The molecule has 2 N–H and O–H groups in total. The number of non-ortho nitro benzene ring substituents is 1. The second-order valence-corrected chi connectivity index (χ2v) is 7.35. The lowest BCUT2D eigenvalue weighted by Gasteiger charge is -2.17. The van der Waals surface area contributed by atoms with E-state index >= 15 is 0 Å². The number of amides is 1. The van der Waals surface area contributed by atoms with Gasteiger partial charge in [-0.2, -0.15) is 0 Å². The number of benzene rings is 2. The Bertz CT molecular complexity index is 1160. The Morgan fingerprint density at radius 1 is 1.23 bits per heavy atom. The lowest BCUT2D eigenvalue weighted by Crippen LogP contribution is -2.30. The zero-order valence-corrected chi connectivity index (χ0v) is 17.5. The summed E-state index contributed by atoms with van der Waals surface area (Å²) in [5.41, 5.74) is 0.440. The molecule has 0 aliphatic carbocycles. The topological polar surface area (TPSA) is 136 Å². The highest BCUT2D eigenvalue weighted by atomic mass is 35.5. The number of carboxylic acids is 1. The number of carbonyl (C=O) groups excluding carboxylic acids is 1. The Kier molecular flexibility index (Phi) is 6.57. The summed E-state index contributed by atoms with van der Waals surface area (Å²) in [6.45, 7) is 1.51. The van der Waals surface area contributed by atoms with Crippen molar-refractivity contribution in [3.63, 3.8) is 0 Å². The van der Waals surface area contributed by atoms with Gasteiger partial charge in [0.25, 0.3) is 11.6 Å². The van der Waals surface area contributed by atoms with Gasteiger partial charge in [-0.25, -0.2) is 0 Å². The molecule has 0 fully saturated rings. The molecular formula is C20H15Cl2N3O6. The molecule has 0 aliphatic heterocycles. The van der Waals surface area contributed by atoms with Crippen LogP contribution in [0.25, 0.3) is 11.3 Å². The minimum absolute atomic E-state index is 0.0239. The van der Waals surface area contributed by atoms with E-state index in [1.165, 1.54) is 31.2 Å². The average molecular weight is 464 g/mol. The number of nitro groups is 1. The number of halogens is 2. The van der Waals surface area contributed by atoms with Crippen molar-refractivity contribution in [2.24, 2.45) is 0 Å². The molecule has 0 spiro atoms. The van der Waals surface area contributed by atoms with Crippen LogP contribution in [-0.2, 0) is 4.79 Å². The summed E-state index contributed by atoms with van der Waals surface area (Å²) < 4.78 is 5.17. The molecule has 0 aliphatic rings. The minimum atomic E-state index is -1.20. The Labute approximate surface area is 185 Å². The largest absolute Gasteiger partial charge is 0.481 e. The highest BCUT2D eigenvalue weighted by Gasteiger charge is 2.28. The molecule has 1 aromatic heterocycles. The van der Waals surface area contributed by atoms with Crippen LogP contribution >= 0.6 is 23.2 Å². The van der Waals surface area contributed by atoms with Gasteiger partial charge < -0.3 is 14.9 Å². The molecule has 1 heterocycles. The van der Waals surface area contributed by atoms with Crippen molar-refractivity contribution >= 4 is 40.8 Å². The quantitative estimate of drug-likeness (QED) is 0.378. The number of aryl methyl sites for hydroxylation is 1. The first kappa shape index (κ1) is 22.3. The second kappa shape index (κ2) is 9.15. The lowest BCUT2D eigenvalue weighted by atomic mass is 10.0. The van der Waals surface area contributed by atoms with Crippen LogP contribution in [0.4, 0.5) is 5.69 Å². The first-order valence-corrected chi connectivity index (χ1v) is 9.62. The Balaban J connectivity index is 2.01. The van der Waals surface area contributed by atoms with Gasteiger partial charge in [-0.05, 0) is 24.6 Å². The third-order valence-electron chi connectivity index (χ3n) is 4.46. The molecule has 3 aromatic rings. The van der Waals surface area contributed by atoms with Crippen LogP contribution in [0.2, 0.25) is 10.0 Å². The predicted octanol–water partition coefficient (Wildman–Crippen LogP) is 4.81. The van der Waals surface area contributed by atoms with Crippen molar-refractivity contribution in [1.82, 2.24) is 10.5 Å². The van der Waals surface area contributed by atoms with Crippen LogP contribution in [-0.4, -0.2) is 27.1 Å².